The fourth-order valence-electron chi connectivity index (χ4n) is 4.76. The van der Waals surface area contributed by atoms with Gasteiger partial charge in [0.15, 0.2) is 5.82 Å². The lowest BCUT2D eigenvalue weighted by Crippen LogP contribution is -2.43. The maximum absolute atomic E-state index is 13.3. The van der Waals surface area contributed by atoms with Crippen molar-refractivity contribution in [3.63, 3.8) is 0 Å². The third kappa shape index (κ3) is 4.93. The number of aliphatic hydroxyl groups excluding tert-OH is 1. The second-order valence-electron chi connectivity index (χ2n) is 9.03. The summed E-state index contributed by atoms with van der Waals surface area (Å²) in [6, 6.07) is 16.1. The van der Waals surface area contributed by atoms with Crippen LogP contribution in [-0.4, -0.2) is 70.7 Å². The first kappa shape index (κ1) is 23.9. The smallest absolute Gasteiger partial charge is 0.254 e. The van der Waals surface area contributed by atoms with Crippen LogP contribution < -0.4 is 10.6 Å². The summed E-state index contributed by atoms with van der Waals surface area (Å²) in [5.41, 5.74) is 9.03. The monoisotopic (exact) mass is 487 g/mol. The van der Waals surface area contributed by atoms with E-state index in [1.165, 1.54) is 0 Å². The number of amides is 2. The first-order chi connectivity index (χ1) is 17.5. The van der Waals surface area contributed by atoms with Gasteiger partial charge in [-0.25, -0.2) is 9.97 Å². The van der Waals surface area contributed by atoms with Crippen molar-refractivity contribution >= 4 is 17.6 Å². The van der Waals surface area contributed by atoms with Gasteiger partial charge in [-0.15, -0.1) is 0 Å². The average Bonchev–Trinajstić information content (AvgIpc) is 3.43. The highest BCUT2D eigenvalue weighted by Crippen LogP contribution is 2.29. The van der Waals surface area contributed by atoms with Crippen molar-refractivity contribution in [1.82, 2.24) is 14.9 Å². The summed E-state index contributed by atoms with van der Waals surface area (Å²) in [6.45, 7) is 3.11. The molecule has 2 amide bonds. The number of primary amides is 1. The number of anilines is 1. The lowest BCUT2D eigenvalue weighted by Gasteiger charge is -2.28. The van der Waals surface area contributed by atoms with Gasteiger partial charge in [-0.05, 0) is 36.6 Å². The van der Waals surface area contributed by atoms with Gasteiger partial charge in [0.2, 0.25) is 5.91 Å². The molecule has 1 atom stereocenters. The highest BCUT2D eigenvalue weighted by atomic mass is 16.5. The number of hydrogen-bond donors (Lipinski definition) is 2. The molecule has 5 rings (SSSR count). The van der Waals surface area contributed by atoms with E-state index in [-0.39, 0.29) is 12.5 Å². The molecule has 9 heteroatoms. The maximum Gasteiger partial charge on any atom is 0.254 e. The van der Waals surface area contributed by atoms with Crippen LogP contribution in [-0.2, 0) is 16.1 Å². The quantitative estimate of drug-likeness (QED) is 0.547. The Morgan fingerprint density at radius 3 is 2.56 bits per heavy atom. The summed E-state index contributed by atoms with van der Waals surface area (Å²) >= 11 is 0. The molecule has 0 spiro atoms. The topological polar surface area (TPSA) is 122 Å². The number of morpholine rings is 1. The normalized spacial score (nSPS) is 17.9. The Morgan fingerprint density at radius 1 is 1.00 bits per heavy atom. The second-order valence-corrected chi connectivity index (χ2v) is 9.03. The number of ether oxygens (including phenoxy) is 1. The molecule has 3 aromatic rings. The Hall–Kier alpha value is -3.82. The van der Waals surface area contributed by atoms with Gasteiger partial charge >= 0.3 is 0 Å². The molecule has 0 bridgehead atoms. The molecule has 0 unspecified atom stereocenters. The lowest BCUT2D eigenvalue weighted by molar-refractivity contribution is -0.121. The van der Waals surface area contributed by atoms with Crippen molar-refractivity contribution in [2.75, 3.05) is 37.7 Å². The van der Waals surface area contributed by atoms with Gasteiger partial charge in [0.05, 0.1) is 25.5 Å². The van der Waals surface area contributed by atoms with Crippen molar-refractivity contribution in [2.24, 2.45) is 5.73 Å². The number of hydrogen-bond acceptors (Lipinski definition) is 7. The molecule has 2 aromatic carbocycles. The van der Waals surface area contributed by atoms with E-state index in [0.29, 0.717) is 56.4 Å². The molecule has 1 aromatic heterocycles. The second kappa shape index (κ2) is 10.4. The highest BCUT2D eigenvalue weighted by Gasteiger charge is 2.33. The SMILES string of the molecule is NC(=O)[C@@H]1CCCN1C(=O)c1cccc(-c2cc(N3CCOCC3)nc(-c3cccc(CO)c3)n2)c1. The largest absolute Gasteiger partial charge is 0.392 e. The van der Waals surface area contributed by atoms with Crippen LogP contribution in [0.4, 0.5) is 5.82 Å². The van der Waals surface area contributed by atoms with Crippen molar-refractivity contribution in [3.8, 4) is 22.6 Å². The van der Waals surface area contributed by atoms with Crippen LogP contribution in [0.2, 0.25) is 0 Å². The van der Waals surface area contributed by atoms with E-state index in [4.69, 9.17) is 20.4 Å². The van der Waals surface area contributed by atoms with E-state index in [9.17, 15) is 14.7 Å². The summed E-state index contributed by atoms with van der Waals surface area (Å²) in [5.74, 6) is 0.626. The molecule has 0 radical (unpaired) electrons. The van der Waals surface area contributed by atoms with Gasteiger partial charge in [0, 0.05) is 42.4 Å². The van der Waals surface area contributed by atoms with Gasteiger partial charge in [0.25, 0.3) is 5.91 Å². The number of carbonyl (C=O) groups is 2. The fraction of sp³-hybridized carbons (Fsp3) is 0.333. The highest BCUT2D eigenvalue weighted by molar-refractivity contribution is 5.98. The lowest BCUT2D eigenvalue weighted by atomic mass is 10.1. The van der Waals surface area contributed by atoms with Gasteiger partial charge in [0.1, 0.15) is 11.9 Å². The minimum absolute atomic E-state index is 0.0726. The fourth-order valence-corrected chi connectivity index (χ4v) is 4.76. The number of carbonyl (C=O) groups excluding carboxylic acids is 2. The molecule has 0 aliphatic carbocycles. The molecule has 36 heavy (non-hydrogen) atoms. The number of aromatic nitrogens is 2. The zero-order valence-corrected chi connectivity index (χ0v) is 20.0. The zero-order valence-electron chi connectivity index (χ0n) is 20.0. The summed E-state index contributed by atoms with van der Waals surface area (Å²) in [6.07, 6.45) is 1.34. The number of aliphatic hydroxyl groups is 1. The van der Waals surface area contributed by atoms with Crippen LogP contribution >= 0.6 is 0 Å². The molecule has 3 heterocycles. The Kier molecular flexibility index (Phi) is 6.92. The Morgan fingerprint density at radius 2 is 1.78 bits per heavy atom. The standard InChI is InChI=1S/C27H29N5O4/c28-25(34)23-8-3-9-32(23)27(35)21-7-2-5-19(15-21)22-16-24(31-10-12-36-13-11-31)30-26(29-22)20-6-1-4-18(14-20)17-33/h1-2,4-7,14-16,23,33H,3,8-13,17H2,(H2,28,34)/t23-/m0/s1. The first-order valence-electron chi connectivity index (χ1n) is 12.2. The van der Waals surface area contributed by atoms with Crippen molar-refractivity contribution < 1.29 is 19.4 Å². The molecule has 186 valence electrons. The van der Waals surface area contributed by atoms with Gasteiger partial charge < -0.3 is 25.4 Å². The van der Waals surface area contributed by atoms with Crippen molar-refractivity contribution in [1.29, 1.82) is 0 Å². The molecule has 2 fully saturated rings. The Bertz CT molecular complexity index is 1270. The predicted octanol–water partition coefficient (Wildman–Crippen LogP) is 2.23. The van der Waals surface area contributed by atoms with Crippen LogP contribution in [0.1, 0.15) is 28.8 Å². The molecular weight excluding hydrogens is 458 g/mol. The van der Waals surface area contributed by atoms with Crippen LogP contribution in [0.25, 0.3) is 22.6 Å². The Labute approximate surface area is 209 Å². The first-order valence-corrected chi connectivity index (χ1v) is 12.2. The van der Waals surface area contributed by atoms with Crippen LogP contribution in [0.3, 0.4) is 0 Å². The van der Waals surface area contributed by atoms with Crippen molar-refractivity contribution in [2.45, 2.75) is 25.5 Å². The summed E-state index contributed by atoms with van der Waals surface area (Å²) in [4.78, 5) is 38.5. The number of benzene rings is 2. The van der Waals surface area contributed by atoms with Crippen molar-refractivity contribution in [3.05, 3.63) is 65.7 Å². The molecule has 0 saturated carbocycles. The van der Waals surface area contributed by atoms with E-state index in [1.54, 1.807) is 17.0 Å². The summed E-state index contributed by atoms with van der Waals surface area (Å²) in [7, 11) is 0. The third-order valence-corrected chi connectivity index (χ3v) is 6.66. The predicted molar refractivity (Wildman–Crippen MR) is 135 cm³/mol. The van der Waals surface area contributed by atoms with Gasteiger partial charge in [-0.2, -0.15) is 0 Å². The van der Waals surface area contributed by atoms with E-state index >= 15 is 0 Å². The van der Waals surface area contributed by atoms with Gasteiger partial charge in [-0.3, -0.25) is 9.59 Å². The summed E-state index contributed by atoms with van der Waals surface area (Å²) < 4.78 is 5.51. The average molecular weight is 488 g/mol. The van der Waals surface area contributed by atoms with Crippen LogP contribution in [0, 0.1) is 0 Å². The molecule has 3 N–H and O–H groups in total. The third-order valence-electron chi connectivity index (χ3n) is 6.66. The molecular formula is C27H29N5O4. The number of likely N-dealkylation sites (tertiary alicyclic amines) is 1. The Balaban J connectivity index is 1.54. The van der Waals surface area contributed by atoms with E-state index < -0.39 is 11.9 Å². The minimum atomic E-state index is -0.571. The van der Waals surface area contributed by atoms with Crippen LogP contribution in [0.5, 0.6) is 0 Å². The molecule has 2 saturated heterocycles. The summed E-state index contributed by atoms with van der Waals surface area (Å²) in [5, 5.41) is 9.60. The van der Waals surface area contributed by atoms with E-state index in [0.717, 1.165) is 28.9 Å². The molecule has 2 aliphatic rings. The zero-order chi connectivity index (χ0) is 25.1. The number of nitrogens with two attached hydrogens (primary N) is 1. The van der Waals surface area contributed by atoms with E-state index in [1.807, 2.05) is 42.5 Å². The minimum Gasteiger partial charge on any atom is -0.392 e. The number of nitrogens with zero attached hydrogens (tertiary/aromatic N) is 4. The number of rotatable bonds is 6. The molecule has 9 nitrogen and oxygen atoms in total. The van der Waals surface area contributed by atoms with E-state index in [2.05, 4.69) is 4.90 Å². The molecule has 2 aliphatic heterocycles. The maximum atomic E-state index is 13.3. The van der Waals surface area contributed by atoms with Crippen LogP contribution in [0.15, 0.2) is 54.6 Å². The van der Waals surface area contributed by atoms with Gasteiger partial charge in [-0.1, -0.05) is 30.3 Å².